The Kier molecular flexibility index (Phi) is 5.44. The average Bonchev–Trinajstić information content (AvgIpc) is 3.21. The summed E-state index contributed by atoms with van der Waals surface area (Å²) in [4.78, 5) is 12.2. The second-order valence-corrected chi connectivity index (χ2v) is 8.03. The third-order valence-corrected chi connectivity index (χ3v) is 5.58. The van der Waals surface area contributed by atoms with Gasteiger partial charge < -0.3 is 19.5 Å². The number of amides is 1. The van der Waals surface area contributed by atoms with Crippen LogP contribution < -0.4 is 24.2 Å². The summed E-state index contributed by atoms with van der Waals surface area (Å²) >= 11 is 0. The van der Waals surface area contributed by atoms with E-state index in [1.165, 1.54) is 24.3 Å². The first kappa shape index (κ1) is 19.6. The lowest BCUT2D eigenvalue weighted by molar-refractivity contribution is -0.118. The Labute approximate surface area is 173 Å². The molecule has 3 aromatic carbocycles. The van der Waals surface area contributed by atoms with Crippen LogP contribution in [0.3, 0.4) is 0 Å². The molecule has 0 aromatic heterocycles. The number of para-hydroxylation sites is 1. The molecule has 0 spiro atoms. The van der Waals surface area contributed by atoms with Crippen LogP contribution >= 0.6 is 0 Å². The van der Waals surface area contributed by atoms with Crippen LogP contribution in [0.2, 0.25) is 0 Å². The molecular weight excluding hydrogens is 408 g/mol. The lowest BCUT2D eigenvalue weighted by atomic mass is 10.3. The van der Waals surface area contributed by atoms with Crippen molar-refractivity contribution in [3.8, 4) is 17.2 Å². The Bertz CT molecular complexity index is 1150. The third-order valence-electron chi connectivity index (χ3n) is 4.19. The second kappa shape index (κ2) is 8.34. The van der Waals surface area contributed by atoms with E-state index >= 15 is 0 Å². The quantitative estimate of drug-likeness (QED) is 0.601. The fourth-order valence-corrected chi connectivity index (χ4v) is 3.81. The first-order chi connectivity index (χ1) is 14.5. The minimum absolute atomic E-state index is 0.0866. The third kappa shape index (κ3) is 4.64. The maximum atomic E-state index is 12.4. The molecule has 8 nitrogen and oxygen atoms in total. The van der Waals surface area contributed by atoms with E-state index in [1.807, 2.05) is 0 Å². The predicted molar refractivity (Wildman–Crippen MR) is 110 cm³/mol. The number of rotatable bonds is 7. The Morgan fingerprint density at radius 3 is 2.40 bits per heavy atom. The van der Waals surface area contributed by atoms with Crippen LogP contribution in [0, 0.1) is 0 Å². The van der Waals surface area contributed by atoms with E-state index in [4.69, 9.17) is 14.2 Å². The van der Waals surface area contributed by atoms with Gasteiger partial charge in [0.1, 0.15) is 5.75 Å². The van der Waals surface area contributed by atoms with E-state index in [1.54, 1.807) is 48.5 Å². The van der Waals surface area contributed by atoms with Crippen molar-refractivity contribution in [2.45, 2.75) is 4.90 Å². The van der Waals surface area contributed by atoms with Crippen molar-refractivity contribution < 1.29 is 27.4 Å². The van der Waals surface area contributed by atoms with E-state index in [-0.39, 0.29) is 24.2 Å². The van der Waals surface area contributed by atoms with Crippen LogP contribution in [0.1, 0.15) is 0 Å². The minimum atomic E-state index is -3.71. The summed E-state index contributed by atoms with van der Waals surface area (Å²) in [6.45, 7) is -0.0781. The first-order valence-electron chi connectivity index (χ1n) is 9.00. The highest BCUT2D eigenvalue weighted by Crippen LogP contribution is 2.34. The lowest BCUT2D eigenvalue weighted by Crippen LogP contribution is -2.20. The molecule has 0 atom stereocenters. The Morgan fingerprint density at radius 2 is 1.63 bits per heavy atom. The highest BCUT2D eigenvalue weighted by Gasteiger charge is 2.16. The van der Waals surface area contributed by atoms with Gasteiger partial charge in [-0.3, -0.25) is 9.52 Å². The van der Waals surface area contributed by atoms with E-state index in [0.29, 0.717) is 28.6 Å². The smallest absolute Gasteiger partial charge is 0.262 e. The predicted octanol–water partition coefficient (Wildman–Crippen LogP) is 3.23. The SMILES string of the molecule is O=C(COc1ccc(S(=O)(=O)Nc2ccccc2)cc1)Nc1ccc2c(c1)OCO2. The number of carbonyl (C=O) groups is 1. The molecule has 1 aliphatic heterocycles. The van der Waals surface area contributed by atoms with E-state index in [0.717, 1.165) is 0 Å². The zero-order valence-electron chi connectivity index (χ0n) is 15.7. The van der Waals surface area contributed by atoms with E-state index in [9.17, 15) is 13.2 Å². The molecule has 154 valence electrons. The van der Waals surface area contributed by atoms with Crippen LogP contribution in [0.4, 0.5) is 11.4 Å². The van der Waals surface area contributed by atoms with Crippen LogP contribution in [0.15, 0.2) is 77.7 Å². The molecule has 0 aliphatic carbocycles. The molecule has 0 radical (unpaired) electrons. The molecule has 0 unspecified atom stereocenters. The van der Waals surface area contributed by atoms with Crippen LogP contribution in [-0.2, 0) is 14.8 Å². The normalized spacial score (nSPS) is 12.3. The Hall–Kier alpha value is -3.72. The summed E-state index contributed by atoms with van der Waals surface area (Å²) in [5.74, 6) is 1.20. The monoisotopic (exact) mass is 426 g/mol. The molecule has 1 heterocycles. The maximum Gasteiger partial charge on any atom is 0.262 e. The van der Waals surface area contributed by atoms with Gasteiger partial charge in [0.25, 0.3) is 15.9 Å². The number of sulfonamides is 1. The van der Waals surface area contributed by atoms with Gasteiger partial charge in [-0.25, -0.2) is 8.42 Å². The molecule has 4 rings (SSSR count). The summed E-state index contributed by atoms with van der Waals surface area (Å²) in [6, 6.07) is 19.5. The number of ether oxygens (including phenoxy) is 3. The molecule has 3 aromatic rings. The number of carbonyl (C=O) groups excluding carboxylic acids is 1. The molecule has 1 aliphatic rings. The van der Waals surface area contributed by atoms with Gasteiger partial charge in [0.15, 0.2) is 18.1 Å². The van der Waals surface area contributed by atoms with Crippen LogP contribution in [0.5, 0.6) is 17.2 Å². The highest BCUT2D eigenvalue weighted by molar-refractivity contribution is 7.92. The molecule has 0 bridgehead atoms. The van der Waals surface area contributed by atoms with Gasteiger partial charge in [0, 0.05) is 17.4 Å². The molecular formula is C21H18N2O6S. The number of anilines is 2. The van der Waals surface area contributed by atoms with Crippen LogP contribution in [-0.4, -0.2) is 27.7 Å². The van der Waals surface area contributed by atoms with Crippen molar-refractivity contribution in [1.29, 1.82) is 0 Å². The van der Waals surface area contributed by atoms with Gasteiger partial charge in [0.05, 0.1) is 4.90 Å². The van der Waals surface area contributed by atoms with Gasteiger partial charge in [-0.15, -0.1) is 0 Å². The minimum Gasteiger partial charge on any atom is -0.484 e. The van der Waals surface area contributed by atoms with Crippen molar-refractivity contribution in [3.05, 3.63) is 72.8 Å². The summed E-state index contributed by atoms with van der Waals surface area (Å²) in [5, 5.41) is 2.70. The molecule has 30 heavy (non-hydrogen) atoms. The topological polar surface area (TPSA) is 103 Å². The maximum absolute atomic E-state index is 12.4. The molecule has 0 saturated heterocycles. The standard InChI is InChI=1S/C21H18N2O6S/c24-21(22-16-6-11-19-20(12-16)29-14-28-19)13-27-17-7-9-18(10-8-17)30(25,26)23-15-4-2-1-3-5-15/h1-12,23H,13-14H2,(H,22,24). The van der Waals surface area contributed by atoms with Gasteiger partial charge in [-0.2, -0.15) is 0 Å². The second-order valence-electron chi connectivity index (χ2n) is 6.35. The van der Waals surface area contributed by atoms with Crippen molar-refractivity contribution in [2.24, 2.45) is 0 Å². The number of nitrogens with one attached hydrogen (secondary N) is 2. The summed E-state index contributed by atoms with van der Waals surface area (Å²) in [6.07, 6.45) is 0. The van der Waals surface area contributed by atoms with E-state index < -0.39 is 10.0 Å². The van der Waals surface area contributed by atoms with Crippen molar-refractivity contribution in [2.75, 3.05) is 23.4 Å². The Morgan fingerprint density at radius 1 is 0.900 bits per heavy atom. The van der Waals surface area contributed by atoms with Gasteiger partial charge in [-0.1, -0.05) is 18.2 Å². The van der Waals surface area contributed by atoms with Gasteiger partial charge in [-0.05, 0) is 48.5 Å². The largest absolute Gasteiger partial charge is 0.484 e. The van der Waals surface area contributed by atoms with E-state index in [2.05, 4.69) is 10.0 Å². The summed E-state index contributed by atoms with van der Waals surface area (Å²) < 4.78 is 43.3. The fraction of sp³-hybridized carbons (Fsp3) is 0.0952. The molecule has 9 heteroatoms. The van der Waals surface area contributed by atoms with Gasteiger partial charge >= 0.3 is 0 Å². The van der Waals surface area contributed by atoms with Crippen molar-refractivity contribution >= 4 is 27.3 Å². The van der Waals surface area contributed by atoms with Gasteiger partial charge in [0.2, 0.25) is 6.79 Å². The highest BCUT2D eigenvalue weighted by atomic mass is 32.2. The first-order valence-corrected chi connectivity index (χ1v) is 10.5. The molecule has 2 N–H and O–H groups in total. The molecule has 1 amide bonds. The number of benzene rings is 3. The fourth-order valence-electron chi connectivity index (χ4n) is 2.76. The summed E-state index contributed by atoms with van der Waals surface area (Å²) in [7, 11) is -3.71. The number of hydrogen-bond acceptors (Lipinski definition) is 6. The molecule has 0 saturated carbocycles. The van der Waals surface area contributed by atoms with Crippen molar-refractivity contribution in [3.63, 3.8) is 0 Å². The zero-order chi connectivity index (χ0) is 21.0. The van der Waals surface area contributed by atoms with Crippen LogP contribution in [0.25, 0.3) is 0 Å². The summed E-state index contributed by atoms with van der Waals surface area (Å²) in [5.41, 5.74) is 1.03. The zero-order valence-corrected chi connectivity index (χ0v) is 16.5. The Balaban J connectivity index is 1.32. The number of hydrogen-bond donors (Lipinski definition) is 2. The lowest BCUT2D eigenvalue weighted by Gasteiger charge is -2.10. The number of fused-ring (bicyclic) bond motifs is 1. The average molecular weight is 426 g/mol. The molecule has 0 fully saturated rings. The van der Waals surface area contributed by atoms with Crippen molar-refractivity contribution in [1.82, 2.24) is 0 Å².